The number of nitrogens with one attached hydrogen (secondary N) is 1. The van der Waals surface area contributed by atoms with Gasteiger partial charge in [0, 0.05) is 12.7 Å². The summed E-state index contributed by atoms with van der Waals surface area (Å²) in [6, 6.07) is 7.83. The molecule has 0 radical (unpaired) electrons. The van der Waals surface area contributed by atoms with E-state index in [2.05, 4.69) is 15.5 Å². The van der Waals surface area contributed by atoms with Crippen LogP contribution in [0, 0.1) is 20.8 Å². The minimum atomic E-state index is -0.310. The Hall–Kier alpha value is -2.54. The van der Waals surface area contributed by atoms with Crippen LogP contribution in [-0.4, -0.2) is 25.9 Å². The third-order valence-electron chi connectivity index (χ3n) is 4.32. The fourth-order valence-electron chi connectivity index (χ4n) is 2.72. The molecule has 3 aromatic rings. The van der Waals surface area contributed by atoms with Crippen LogP contribution in [0.25, 0.3) is 11.4 Å². The van der Waals surface area contributed by atoms with Gasteiger partial charge in [0.05, 0.1) is 17.1 Å². The zero-order valence-electron chi connectivity index (χ0n) is 15.5. The number of hydrogen-bond donors (Lipinski definition) is 1. The normalized spacial score (nSPS) is 12.2. The number of rotatable bonds is 5. The van der Waals surface area contributed by atoms with E-state index in [0.29, 0.717) is 5.16 Å². The van der Waals surface area contributed by atoms with Gasteiger partial charge in [-0.25, -0.2) is 0 Å². The van der Waals surface area contributed by atoms with Gasteiger partial charge >= 0.3 is 0 Å². The Kier molecular flexibility index (Phi) is 5.18. The highest BCUT2D eigenvalue weighted by Crippen LogP contribution is 2.29. The largest absolute Gasteiger partial charge is 0.469 e. The van der Waals surface area contributed by atoms with Crippen molar-refractivity contribution in [1.82, 2.24) is 14.8 Å². The second kappa shape index (κ2) is 7.37. The number of hydrogen-bond acceptors (Lipinski definition) is 5. The molecule has 1 N–H and O–H groups in total. The standard InChI is InChI=1S/C19H22N4O2S/c1-11-7-6-8-12(2)16(11)20-18(24)14(4)26-19-22-21-17(23(19)5)15-9-10-25-13(15)3/h6-10,14H,1-5H3,(H,20,24)/t14-/m1/s1. The van der Waals surface area contributed by atoms with Crippen molar-refractivity contribution in [1.29, 1.82) is 0 Å². The molecule has 1 aromatic carbocycles. The van der Waals surface area contributed by atoms with E-state index in [1.165, 1.54) is 11.8 Å². The molecular weight excluding hydrogens is 348 g/mol. The zero-order valence-corrected chi connectivity index (χ0v) is 16.3. The summed E-state index contributed by atoms with van der Waals surface area (Å²) < 4.78 is 7.22. The van der Waals surface area contributed by atoms with Crippen LogP contribution in [0.3, 0.4) is 0 Å². The van der Waals surface area contributed by atoms with Gasteiger partial charge < -0.3 is 14.3 Å². The lowest BCUT2D eigenvalue weighted by molar-refractivity contribution is -0.115. The third kappa shape index (κ3) is 3.53. The molecule has 0 bridgehead atoms. The van der Waals surface area contributed by atoms with Crippen molar-refractivity contribution in [3.8, 4) is 11.4 Å². The van der Waals surface area contributed by atoms with Gasteiger partial charge in [-0.3, -0.25) is 4.79 Å². The quantitative estimate of drug-likeness (QED) is 0.684. The van der Waals surface area contributed by atoms with Crippen LogP contribution in [-0.2, 0) is 11.8 Å². The first kappa shape index (κ1) is 18.3. The second-order valence-corrected chi connectivity index (χ2v) is 7.58. The van der Waals surface area contributed by atoms with Crippen LogP contribution in [0.2, 0.25) is 0 Å². The van der Waals surface area contributed by atoms with Gasteiger partial charge in [-0.15, -0.1) is 10.2 Å². The lowest BCUT2D eigenvalue weighted by Gasteiger charge is -2.15. The van der Waals surface area contributed by atoms with Crippen LogP contribution in [0.1, 0.15) is 23.8 Å². The summed E-state index contributed by atoms with van der Waals surface area (Å²) >= 11 is 1.38. The van der Waals surface area contributed by atoms with Crippen molar-refractivity contribution in [2.75, 3.05) is 5.32 Å². The molecule has 0 fully saturated rings. The number of thioether (sulfide) groups is 1. The number of furan rings is 1. The molecule has 0 aliphatic carbocycles. The summed E-state index contributed by atoms with van der Waals surface area (Å²) in [7, 11) is 1.89. The highest BCUT2D eigenvalue weighted by atomic mass is 32.2. The number of para-hydroxylation sites is 1. The van der Waals surface area contributed by atoms with Crippen LogP contribution >= 0.6 is 11.8 Å². The molecule has 3 rings (SSSR count). The lowest BCUT2D eigenvalue weighted by atomic mass is 10.1. The van der Waals surface area contributed by atoms with E-state index in [9.17, 15) is 4.79 Å². The van der Waals surface area contributed by atoms with Crippen molar-refractivity contribution in [3.05, 3.63) is 47.4 Å². The van der Waals surface area contributed by atoms with E-state index in [4.69, 9.17) is 4.42 Å². The molecule has 0 aliphatic heterocycles. The molecular formula is C19H22N4O2S. The fourth-order valence-corrected chi connectivity index (χ4v) is 3.53. The maximum absolute atomic E-state index is 12.6. The van der Waals surface area contributed by atoms with E-state index >= 15 is 0 Å². The number of carbonyl (C=O) groups is 1. The third-order valence-corrected chi connectivity index (χ3v) is 5.45. The smallest absolute Gasteiger partial charge is 0.237 e. The maximum Gasteiger partial charge on any atom is 0.237 e. The summed E-state index contributed by atoms with van der Waals surface area (Å²) in [6.07, 6.45) is 1.63. The van der Waals surface area contributed by atoms with Crippen LogP contribution in [0.5, 0.6) is 0 Å². The molecule has 26 heavy (non-hydrogen) atoms. The first-order valence-corrected chi connectivity index (χ1v) is 9.24. The van der Waals surface area contributed by atoms with Gasteiger partial charge in [-0.1, -0.05) is 30.0 Å². The summed E-state index contributed by atoms with van der Waals surface area (Å²) in [5.41, 5.74) is 3.87. The van der Waals surface area contributed by atoms with Crippen LogP contribution in [0.15, 0.2) is 40.1 Å². The Morgan fingerprint density at radius 3 is 2.50 bits per heavy atom. The average Bonchev–Trinajstić information content (AvgIpc) is 3.17. The number of carbonyl (C=O) groups excluding carboxylic acids is 1. The Morgan fingerprint density at radius 1 is 1.19 bits per heavy atom. The average molecular weight is 370 g/mol. The van der Waals surface area contributed by atoms with Gasteiger partial charge in [0.2, 0.25) is 5.91 Å². The van der Waals surface area contributed by atoms with Gasteiger partial charge in [-0.2, -0.15) is 0 Å². The molecule has 1 amide bonds. The van der Waals surface area contributed by atoms with E-state index in [-0.39, 0.29) is 11.2 Å². The lowest BCUT2D eigenvalue weighted by Crippen LogP contribution is -2.23. The van der Waals surface area contributed by atoms with E-state index in [1.54, 1.807) is 6.26 Å². The van der Waals surface area contributed by atoms with E-state index in [1.807, 2.05) is 63.6 Å². The SMILES string of the molecule is Cc1cccc(C)c1NC(=O)[C@@H](C)Sc1nnc(-c2ccoc2C)n1C. The maximum atomic E-state index is 12.6. The summed E-state index contributed by atoms with van der Waals surface area (Å²) in [4.78, 5) is 12.6. The number of amides is 1. The molecule has 1 atom stereocenters. The number of benzene rings is 1. The molecule has 7 heteroatoms. The highest BCUT2D eigenvalue weighted by Gasteiger charge is 2.21. The van der Waals surface area contributed by atoms with Crippen molar-refractivity contribution in [3.63, 3.8) is 0 Å². The van der Waals surface area contributed by atoms with Crippen molar-refractivity contribution >= 4 is 23.4 Å². The molecule has 0 saturated carbocycles. The Morgan fingerprint density at radius 2 is 1.88 bits per heavy atom. The molecule has 136 valence electrons. The van der Waals surface area contributed by atoms with E-state index < -0.39 is 0 Å². The Labute approximate surface area is 157 Å². The monoisotopic (exact) mass is 370 g/mol. The topological polar surface area (TPSA) is 73.0 Å². The van der Waals surface area contributed by atoms with Crippen molar-refractivity contribution in [2.45, 2.75) is 38.1 Å². The number of nitrogens with zero attached hydrogens (tertiary/aromatic N) is 3. The number of anilines is 1. The van der Waals surface area contributed by atoms with E-state index in [0.717, 1.165) is 34.0 Å². The second-order valence-electron chi connectivity index (χ2n) is 6.27. The van der Waals surface area contributed by atoms with Crippen molar-refractivity contribution in [2.24, 2.45) is 7.05 Å². The summed E-state index contributed by atoms with van der Waals surface area (Å²) in [6.45, 7) is 7.73. The zero-order chi connectivity index (χ0) is 18.8. The molecule has 2 aromatic heterocycles. The molecule has 6 nitrogen and oxygen atoms in total. The van der Waals surface area contributed by atoms with Crippen LogP contribution < -0.4 is 5.32 Å². The van der Waals surface area contributed by atoms with Gasteiger partial charge in [0.15, 0.2) is 11.0 Å². The first-order chi connectivity index (χ1) is 12.4. The summed E-state index contributed by atoms with van der Waals surface area (Å²) in [5.74, 6) is 1.45. The summed E-state index contributed by atoms with van der Waals surface area (Å²) in [5, 5.41) is 11.9. The molecule has 0 aliphatic rings. The van der Waals surface area contributed by atoms with Gasteiger partial charge in [-0.05, 0) is 44.9 Å². The molecule has 0 saturated heterocycles. The minimum absolute atomic E-state index is 0.0589. The fraction of sp³-hybridized carbons (Fsp3) is 0.316. The molecule has 0 spiro atoms. The number of aromatic nitrogens is 3. The number of aryl methyl sites for hydroxylation is 3. The highest BCUT2D eigenvalue weighted by molar-refractivity contribution is 8.00. The predicted molar refractivity (Wildman–Crippen MR) is 103 cm³/mol. The first-order valence-electron chi connectivity index (χ1n) is 8.36. The van der Waals surface area contributed by atoms with Crippen molar-refractivity contribution < 1.29 is 9.21 Å². The van der Waals surface area contributed by atoms with Crippen LogP contribution in [0.4, 0.5) is 5.69 Å². The molecule has 0 unspecified atom stereocenters. The predicted octanol–water partition coefficient (Wildman–Crippen LogP) is 4.12. The Bertz CT molecular complexity index is 925. The van der Waals surface area contributed by atoms with Gasteiger partial charge in [0.25, 0.3) is 0 Å². The molecule has 2 heterocycles. The van der Waals surface area contributed by atoms with Gasteiger partial charge in [0.1, 0.15) is 5.76 Å². The Balaban J connectivity index is 1.74. The minimum Gasteiger partial charge on any atom is -0.469 e.